The van der Waals surface area contributed by atoms with E-state index in [0.29, 0.717) is 10.0 Å². The number of benzene rings is 1. The zero-order chi connectivity index (χ0) is 17.0. The summed E-state index contributed by atoms with van der Waals surface area (Å²) in [5.41, 5.74) is 0.390. The molecule has 2 rings (SSSR count). The van der Waals surface area contributed by atoms with Crippen LogP contribution in [0.5, 0.6) is 0 Å². The quantitative estimate of drug-likeness (QED) is 0.615. The van der Waals surface area contributed by atoms with Crippen LogP contribution in [0.1, 0.15) is 20.8 Å². The van der Waals surface area contributed by atoms with Gasteiger partial charge in [0, 0.05) is 16.2 Å². The van der Waals surface area contributed by atoms with Gasteiger partial charge in [-0.05, 0) is 46.9 Å². The summed E-state index contributed by atoms with van der Waals surface area (Å²) in [7, 11) is 1.22. The number of amides is 3. The maximum Gasteiger partial charge on any atom is 0.356 e. The molecule has 9 heteroatoms. The Morgan fingerprint density at radius 2 is 1.91 bits per heavy atom. The minimum absolute atomic E-state index is 0.0664. The van der Waals surface area contributed by atoms with E-state index < -0.39 is 17.9 Å². The molecule has 120 valence electrons. The number of hydrogen-bond donors (Lipinski definition) is 2. The van der Waals surface area contributed by atoms with Gasteiger partial charge in [-0.2, -0.15) is 4.41 Å². The summed E-state index contributed by atoms with van der Waals surface area (Å²) in [5.74, 6) is -1.24. The first kappa shape index (κ1) is 17.1. The molecule has 1 heterocycles. The average molecular weight is 398 g/mol. The number of thiol groups is 1. The summed E-state index contributed by atoms with van der Waals surface area (Å²) < 4.78 is 7.11. The lowest BCUT2D eigenvalue weighted by atomic mass is 10.2. The van der Waals surface area contributed by atoms with Gasteiger partial charge in [-0.3, -0.25) is 10.1 Å². The van der Waals surface area contributed by atoms with Crippen LogP contribution in [0.25, 0.3) is 0 Å². The van der Waals surface area contributed by atoms with Gasteiger partial charge in [0.2, 0.25) is 0 Å². The van der Waals surface area contributed by atoms with E-state index in [-0.39, 0.29) is 5.69 Å². The maximum atomic E-state index is 12.1. The Hall–Kier alpha value is -2.26. The number of carbonyl (C=O) groups is 3. The zero-order valence-corrected chi connectivity index (χ0v) is 14.4. The molecule has 0 aliphatic heterocycles. The minimum Gasteiger partial charge on any atom is -0.464 e. The molecule has 0 radical (unpaired) electrons. The van der Waals surface area contributed by atoms with Gasteiger partial charge in [-0.15, -0.1) is 0 Å². The normalized spacial score (nSPS) is 10.0. The highest BCUT2D eigenvalue weighted by Gasteiger charge is 2.22. The standard InChI is InChI=1S/C14H12BrN3O4S/c1-22-13(20)11-7-10(15)8-17(11)18(23)14(21)16-12(19)9-5-3-2-4-6-9/h2-8,23H,1H3,(H,16,19,21). The number of nitrogens with zero attached hydrogens (tertiary/aromatic N) is 2. The van der Waals surface area contributed by atoms with Crippen molar-refractivity contribution in [2.24, 2.45) is 0 Å². The summed E-state index contributed by atoms with van der Waals surface area (Å²) in [6.45, 7) is 0. The fourth-order valence-electron chi connectivity index (χ4n) is 1.74. The Morgan fingerprint density at radius 3 is 2.52 bits per heavy atom. The molecule has 23 heavy (non-hydrogen) atoms. The molecule has 0 saturated heterocycles. The highest BCUT2D eigenvalue weighted by molar-refractivity contribution is 9.10. The van der Waals surface area contributed by atoms with Crippen molar-refractivity contribution in [3.63, 3.8) is 0 Å². The molecule has 0 spiro atoms. The summed E-state index contributed by atoms with van der Waals surface area (Å²) in [6.07, 6.45) is 1.44. The van der Waals surface area contributed by atoms with Crippen molar-refractivity contribution >= 4 is 46.7 Å². The predicted molar refractivity (Wildman–Crippen MR) is 90.0 cm³/mol. The van der Waals surface area contributed by atoms with Gasteiger partial charge >= 0.3 is 12.0 Å². The van der Waals surface area contributed by atoms with E-state index in [1.165, 1.54) is 19.4 Å². The van der Waals surface area contributed by atoms with Crippen molar-refractivity contribution in [2.45, 2.75) is 0 Å². The SMILES string of the molecule is COC(=O)c1cc(Br)cn1N(S)C(=O)NC(=O)c1ccccc1. The topological polar surface area (TPSA) is 80.6 Å². The lowest BCUT2D eigenvalue weighted by Gasteiger charge is -2.19. The smallest absolute Gasteiger partial charge is 0.356 e. The number of ether oxygens (including phenoxy) is 1. The molecule has 0 aliphatic rings. The van der Waals surface area contributed by atoms with E-state index in [1.54, 1.807) is 30.3 Å². The van der Waals surface area contributed by atoms with Gasteiger partial charge in [-0.25, -0.2) is 14.3 Å². The molecule has 0 bridgehead atoms. The molecule has 2 aromatic rings. The Kier molecular flexibility index (Phi) is 5.45. The van der Waals surface area contributed by atoms with E-state index >= 15 is 0 Å². The van der Waals surface area contributed by atoms with Crippen LogP contribution in [0.2, 0.25) is 0 Å². The van der Waals surface area contributed by atoms with Gasteiger partial charge < -0.3 is 4.74 Å². The number of carbonyl (C=O) groups excluding carboxylic acids is 3. The van der Waals surface area contributed by atoms with Crippen LogP contribution in [-0.4, -0.2) is 29.7 Å². The van der Waals surface area contributed by atoms with Crippen molar-refractivity contribution in [3.05, 3.63) is 58.3 Å². The van der Waals surface area contributed by atoms with E-state index in [0.717, 1.165) is 9.09 Å². The van der Waals surface area contributed by atoms with Crippen LogP contribution < -0.4 is 9.73 Å². The Morgan fingerprint density at radius 1 is 1.26 bits per heavy atom. The Balaban J connectivity index is 2.17. The van der Waals surface area contributed by atoms with Crippen LogP contribution >= 0.6 is 28.7 Å². The van der Waals surface area contributed by atoms with Crippen molar-refractivity contribution < 1.29 is 19.1 Å². The molecule has 0 unspecified atom stereocenters. The zero-order valence-electron chi connectivity index (χ0n) is 11.9. The third kappa shape index (κ3) is 3.93. The Bertz CT molecular complexity index is 748. The van der Waals surface area contributed by atoms with Crippen molar-refractivity contribution in [2.75, 3.05) is 11.5 Å². The average Bonchev–Trinajstić information content (AvgIpc) is 2.95. The molecule has 0 saturated carbocycles. The lowest BCUT2D eigenvalue weighted by Crippen LogP contribution is -2.44. The molecule has 0 fully saturated rings. The maximum absolute atomic E-state index is 12.1. The highest BCUT2D eigenvalue weighted by atomic mass is 79.9. The number of nitrogens with one attached hydrogen (secondary N) is 1. The molecule has 1 N–H and O–H groups in total. The van der Waals surface area contributed by atoms with E-state index in [9.17, 15) is 14.4 Å². The molecule has 1 aromatic carbocycles. The Labute approximate surface area is 145 Å². The molecule has 1 aromatic heterocycles. The first-order valence-corrected chi connectivity index (χ1v) is 7.49. The second-order valence-corrected chi connectivity index (χ2v) is 5.59. The van der Waals surface area contributed by atoms with Crippen LogP contribution in [0.4, 0.5) is 4.79 Å². The van der Waals surface area contributed by atoms with Crippen LogP contribution in [-0.2, 0) is 4.74 Å². The largest absolute Gasteiger partial charge is 0.464 e. The summed E-state index contributed by atoms with van der Waals surface area (Å²) >= 11 is 7.22. The summed E-state index contributed by atoms with van der Waals surface area (Å²) in [4.78, 5) is 35.8. The van der Waals surface area contributed by atoms with Gasteiger partial charge in [0.25, 0.3) is 5.91 Å². The first-order chi connectivity index (χ1) is 10.9. The monoisotopic (exact) mass is 397 g/mol. The van der Waals surface area contributed by atoms with Gasteiger partial charge in [0.05, 0.1) is 7.11 Å². The van der Waals surface area contributed by atoms with Gasteiger partial charge in [0.1, 0.15) is 5.69 Å². The summed E-state index contributed by atoms with van der Waals surface area (Å²) in [6, 6.07) is 8.88. The number of imide groups is 1. The van der Waals surface area contributed by atoms with Crippen molar-refractivity contribution in [3.8, 4) is 0 Å². The van der Waals surface area contributed by atoms with Crippen LogP contribution in [0.15, 0.2) is 47.1 Å². The van der Waals surface area contributed by atoms with Crippen molar-refractivity contribution in [1.29, 1.82) is 0 Å². The number of hydrogen-bond acceptors (Lipinski definition) is 5. The van der Waals surface area contributed by atoms with E-state index in [4.69, 9.17) is 0 Å². The second-order valence-electron chi connectivity index (χ2n) is 4.29. The molecule has 3 amide bonds. The molecule has 0 atom stereocenters. The lowest BCUT2D eigenvalue weighted by molar-refractivity contribution is 0.0590. The number of aromatic nitrogens is 1. The molecular formula is C14H12BrN3O4S. The number of esters is 1. The predicted octanol–water partition coefficient (Wildman–Crippen LogP) is 2.37. The van der Waals surface area contributed by atoms with E-state index in [1.807, 2.05) is 0 Å². The first-order valence-electron chi connectivity index (χ1n) is 6.30. The van der Waals surface area contributed by atoms with E-state index in [2.05, 4.69) is 38.8 Å². The van der Waals surface area contributed by atoms with Gasteiger partial charge in [-0.1, -0.05) is 18.2 Å². The minimum atomic E-state index is -0.824. The number of methoxy groups -OCH3 is 1. The number of halogens is 1. The van der Waals surface area contributed by atoms with Crippen molar-refractivity contribution in [1.82, 2.24) is 9.99 Å². The highest BCUT2D eigenvalue weighted by Crippen LogP contribution is 2.17. The fourth-order valence-corrected chi connectivity index (χ4v) is 2.35. The fraction of sp³-hybridized carbons (Fsp3) is 0.0714. The molecular weight excluding hydrogens is 386 g/mol. The number of rotatable bonds is 3. The van der Waals surface area contributed by atoms with Crippen LogP contribution in [0.3, 0.4) is 0 Å². The van der Waals surface area contributed by atoms with Crippen LogP contribution in [0, 0.1) is 0 Å². The number of urea groups is 1. The van der Waals surface area contributed by atoms with Gasteiger partial charge in [0.15, 0.2) is 0 Å². The molecule has 7 nitrogen and oxygen atoms in total. The third-order valence-electron chi connectivity index (χ3n) is 2.80. The summed E-state index contributed by atoms with van der Waals surface area (Å²) in [5, 5.41) is 2.17. The third-order valence-corrected chi connectivity index (χ3v) is 3.61. The molecule has 0 aliphatic carbocycles. The second kappa shape index (κ2) is 7.34.